The summed E-state index contributed by atoms with van der Waals surface area (Å²) in [7, 11) is 0. The summed E-state index contributed by atoms with van der Waals surface area (Å²) in [6.45, 7) is 2.02. The number of carboxylic acid groups (broad SMARTS) is 1. The molecule has 7 atom stereocenters. The predicted molar refractivity (Wildman–Crippen MR) is 213 cm³/mol. The van der Waals surface area contributed by atoms with Crippen LogP contribution in [-0.2, 0) is 30.5 Å². The van der Waals surface area contributed by atoms with E-state index in [1.807, 2.05) is 36.4 Å². The van der Waals surface area contributed by atoms with Crippen LogP contribution >= 0.6 is 0 Å². The van der Waals surface area contributed by atoms with E-state index in [4.69, 9.17) is 0 Å². The zero-order chi connectivity index (χ0) is 40.1. The highest BCUT2D eigenvalue weighted by atomic mass is 16.4. The van der Waals surface area contributed by atoms with Crippen molar-refractivity contribution in [1.82, 2.24) is 25.3 Å². The van der Waals surface area contributed by atoms with Crippen molar-refractivity contribution in [2.45, 2.75) is 94.8 Å². The van der Waals surface area contributed by atoms with Gasteiger partial charge in [-0.2, -0.15) is 0 Å². The number of nitrogens with zero attached hydrogens (tertiary/aromatic N) is 3. The number of piperazine rings is 1. The molecule has 12 heteroatoms. The smallest absolute Gasteiger partial charge is 0.328 e. The Labute approximate surface area is 334 Å². The Balaban J connectivity index is 0.976. The van der Waals surface area contributed by atoms with E-state index in [1.54, 1.807) is 29.2 Å². The first kappa shape index (κ1) is 39.7. The number of rotatable bonds is 16. The maximum atomic E-state index is 13.9. The molecule has 4 aliphatic rings. The number of nitrogens with one attached hydrogen (secondary N) is 2. The van der Waals surface area contributed by atoms with Crippen molar-refractivity contribution in [3.05, 3.63) is 107 Å². The molecular formula is C45H53N5O7. The van der Waals surface area contributed by atoms with E-state index < -0.39 is 23.8 Å². The van der Waals surface area contributed by atoms with E-state index in [-0.39, 0.29) is 92.6 Å². The Kier molecular flexibility index (Phi) is 12.4. The van der Waals surface area contributed by atoms with Crippen molar-refractivity contribution < 1.29 is 33.9 Å². The summed E-state index contributed by atoms with van der Waals surface area (Å²) in [5, 5.41) is 16.3. The Morgan fingerprint density at radius 3 is 1.77 bits per heavy atom. The van der Waals surface area contributed by atoms with Crippen LogP contribution in [0.15, 0.2) is 84.9 Å². The third kappa shape index (κ3) is 9.55. The van der Waals surface area contributed by atoms with Gasteiger partial charge in [-0.3, -0.25) is 24.0 Å². The molecule has 7 rings (SSSR count). The first-order chi connectivity index (χ1) is 27.6. The quantitative estimate of drug-likeness (QED) is 0.178. The summed E-state index contributed by atoms with van der Waals surface area (Å²) in [5.41, 5.74) is 3.40. The molecule has 2 heterocycles. The molecular weight excluding hydrogens is 723 g/mol. The van der Waals surface area contributed by atoms with E-state index in [1.165, 1.54) is 9.80 Å². The average Bonchev–Trinajstić information content (AvgIpc) is 4.13. The second-order valence-electron chi connectivity index (χ2n) is 16.2. The van der Waals surface area contributed by atoms with Gasteiger partial charge in [0.2, 0.25) is 23.6 Å². The normalized spacial score (nSPS) is 25.2. The molecule has 0 spiro atoms. The van der Waals surface area contributed by atoms with Crippen LogP contribution in [0.25, 0.3) is 0 Å². The van der Waals surface area contributed by atoms with Gasteiger partial charge in [0.05, 0.1) is 18.4 Å². The third-order valence-electron chi connectivity index (χ3n) is 12.1. The van der Waals surface area contributed by atoms with E-state index in [0.717, 1.165) is 49.7 Å². The number of aliphatic carboxylic acids is 1. The maximum absolute atomic E-state index is 13.9. The summed E-state index contributed by atoms with van der Waals surface area (Å²) < 4.78 is 0. The lowest BCUT2D eigenvalue weighted by molar-refractivity contribution is -0.160. The number of hydrogen-bond donors (Lipinski definition) is 3. The molecule has 4 fully saturated rings. The average molecular weight is 776 g/mol. The van der Waals surface area contributed by atoms with Crippen LogP contribution in [0.5, 0.6) is 0 Å². The molecule has 2 saturated heterocycles. The van der Waals surface area contributed by atoms with Crippen LogP contribution in [0, 0.1) is 11.8 Å². The molecule has 2 aliphatic carbocycles. The molecule has 3 N–H and O–H groups in total. The summed E-state index contributed by atoms with van der Waals surface area (Å²) in [6, 6.07) is 25.7. The Bertz CT molecular complexity index is 1860. The van der Waals surface area contributed by atoms with Gasteiger partial charge in [0, 0.05) is 55.5 Å². The van der Waals surface area contributed by atoms with Gasteiger partial charge in [-0.25, -0.2) is 4.79 Å². The molecule has 12 nitrogen and oxygen atoms in total. The summed E-state index contributed by atoms with van der Waals surface area (Å²) in [6.07, 6.45) is 6.60. The molecule has 0 unspecified atom stereocenters. The van der Waals surface area contributed by atoms with Crippen molar-refractivity contribution in [2.24, 2.45) is 11.8 Å². The van der Waals surface area contributed by atoms with Gasteiger partial charge in [0.1, 0.15) is 12.6 Å². The van der Waals surface area contributed by atoms with Gasteiger partial charge in [0.15, 0.2) is 0 Å². The lowest BCUT2D eigenvalue weighted by Crippen LogP contribution is -2.60. The fourth-order valence-corrected chi connectivity index (χ4v) is 8.50. The number of likely N-dealkylation sites (tertiary alicyclic amines) is 1. The number of hydrogen-bond acceptors (Lipinski definition) is 6. The largest absolute Gasteiger partial charge is 0.480 e. The highest BCUT2D eigenvalue weighted by Gasteiger charge is 2.49. The third-order valence-corrected chi connectivity index (χ3v) is 12.1. The van der Waals surface area contributed by atoms with E-state index in [0.29, 0.717) is 17.5 Å². The molecule has 2 aliphatic heterocycles. The topological polar surface area (TPSA) is 156 Å². The fraction of sp³-hybridized carbons (Fsp3) is 0.467. The van der Waals surface area contributed by atoms with Crippen molar-refractivity contribution in [3.8, 4) is 0 Å². The number of carbonyl (C=O) groups excluding carboxylic acids is 5. The SMILES string of the molecule is CCCCCCCC(=O)N1CC(=O)N(Cc2ccc(C(=O)N3C[C@@H](C(=O)N[C@H]4C[C@@H]4c4ccccc4)[C@H](C(=O)N[C@H]4C[C@@H]4c4ccccc4)C3)cc2)C[C@@H]1C(=O)O. The molecule has 2 saturated carbocycles. The van der Waals surface area contributed by atoms with Crippen molar-refractivity contribution >= 4 is 35.5 Å². The number of benzene rings is 3. The zero-order valence-electron chi connectivity index (χ0n) is 32.6. The van der Waals surface area contributed by atoms with Gasteiger partial charge in [-0.05, 0) is 48.1 Å². The first-order valence-corrected chi connectivity index (χ1v) is 20.5. The van der Waals surface area contributed by atoms with E-state index in [9.17, 15) is 33.9 Å². The van der Waals surface area contributed by atoms with Crippen LogP contribution in [0.3, 0.4) is 0 Å². The Morgan fingerprint density at radius 2 is 1.25 bits per heavy atom. The van der Waals surface area contributed by atoms with Crippen LogP contribution in [-0.4, -0.2) is 99.6 Å². The highest BCUT2D eigenvalue weighted by molar-refractivity contribution is 5.97. The molecule has 5 amide bonds. The molecule has 300 valence electrons. The van der Waals surface area contributed by atoms with Crippen molar-refractivity contribution in [2.75, 3.05) is 26.2 Å². The lowest BCUT2D eigenvalue weighted by atomic mass is 9.94. The zero-order valence-corrected chi connectivity index (χ0v) is 32.6. The second kappa shape index (κ2) is 17.7. The first-order valence-electron chi connectivity index (χ1n) is 20.5. The van der Waals surface area contributed by atoms with E-state index in [2.05, 4.69) is 41.8 Å². The van der Waals surface area contributed by atoms with Crippen LogP contribution in [0.4, 0.5) is 0 Å². The minimum Gasteiger partial charge on any atom is -0.480 e. The number of carbonyl (C=O) groups is 6. The van der Waals surface area contributed by atoms with Crippen molar-refractivity contribution in [3.63, 3.8) is 0 Å². The van der Waals surface area contributed by atoms with Gasteiger partial charge in [-0.15, -0.1) is 0 Å². The summed E-state index contributed by atoms with van der Waals surface area (Å²) >= 11 is 0. The van der Waals surface area contributed by atoms with Gasteiger partial charge >= 0.3 is 5.97 Å². The molecule has 0 radical (unpaired) electrons. The van der Waals surface area contributed by atoms with Crippen LogP contribution in [0.1, 0.15) is 97.2 Å². The highest BCUT2D eigenvalue weighted by Crippen LogP contribution is 2.42. The number of unbranched alkanes of at least 4 members (excludes halogenated alkanes) is 4. The Hall–Kier alpha value is -5.52. The van der Waals surface area contributed by atoms with Gasteiger partial charge in [0.25, 0.3) is 5.91 Å². The Morgan fingerprint density at radius 1 is 0.702 bits per heavy atom. The monoisotopic (exact) mass is 775 g/mol. The minimum absolute atomic E-state index is 0.0201. The maximum Gasteiger partial charge on any atom is 0.328 e. The molecule has 57 heavy (non-hydrogen) atoms. The van der Waals surface area contributed by atoms with Gasteiger partial charge < -0.3 is 30.4 Å². The minimum atomic E-state index is -1.15. The number of amides is 5. The van der Waals surface area contributed by atoms with Gasteiger partial charge in [-0.1, -0.05) is 105 Å². The van der Waals surface area contributed by atoms with E-state index >= 15 is 0 Å². The summed E-state index contributed by atoms with van der Waals surface area (Å²) in [4.78, 5) is 84.1. The standard InChI is InChI=1S/C45H53N5O7/c1-2-3-4-5-12-17-40(51)50-28-41(52)48(27-39(50)45(56)57)24-29-18-20-32(21-19-29)44(55)49-25-35(42(53)46-37-22-33(37)30-13-8-6-9-14-30)36(26-49)43(54)47-38-23-34(38)31-15-10-7-11-16-31/h6-11,13-16,18-21,33-39H,2-5,12,17,22-28H2,1H3,(H,46,53)(H,47,54)(H,56,57)/t33-,34-,35-,36-,37+,38+,39-/m1/s1. The molecule has 3 aromatic rings. The number of carboxylic acids is 1. The summed E-state index contributed by atoms with van der Waals surface area (Å²) in [5.74, 6) is -3.53. The lowest BCUT2D eigenvalue weighted by Gasteiger charge is -2.39. The molecule has 0 bridgehead atoms. The fourth-order valence-electron chi connectivity index (χ4n) is 8.50. The van der Waals surface area contributed by atoms with Crippen LogP contribution < -0.4 is 10.6 Å². The molecule has 3 aromatic carbocycles. The van der Waals surface area contributed by atoms with Crippen LogP contribution in [0.2, 0.25) is 0 Å². The van der Waals surface area contributed by atoms with Crippen molar-refractivity contribution in [1.29, 1.82) is 0 Å². The second-order valence-corrected chi connectivity index (χ2v) is 16.2. The predicted octanol–water partition coefficient (Wildman–Crippen LogP) is 4.70. The molecule has 0 aromatic heterocycles.